The molecule has 0 radical (unpaired) electrons. The fraction of sp³-hybridized carbons (Fsp3) is 0.632. The predicted molar refractivity (Wildman–Crippen MR) is 116 cm³/mol. The lowest BCUT2D eigenvalue weighted by molar-refractivity contribution is 0.133. The lowest BCUT2D eigenvalue weighted by Crippen LogP contribution is -2.37. The molecule has 0 saturated carbocycles. The number of nitrogens with zero attached hydrogens (tertiary/aromatic N) is 1. The summed E-state index contributed by atoms with van der Waals surface area (Å²) >= 11 is 0. The standard InChI is InChI=1S/C19H33N3O2.HI/c1-4-20-19(21-13-9-10-14-23-5-2)22-15-17-11-7-8-12-18(17)16-24-6-3;/h7-8,11-12H,4-6,9-10,13-16H2,1-3H3,(H2,20,21,22);1H. The van der Waals surface area contributed by atoms with Crippen molar-refractivity contribution in [1.29, 1.82) is 0 Å². The highest BCUT2D eigenvalue weighted by atomic mass is 127. The average Bonchev–Trinajstić information content (AvgIpc) is 2.61. The molecule has 0 aliphatic carbocycles. The Morgan fingerprint density at radius 2 is 1.68 bits per heavy atom. The Bertz CT molecular complexity index is 470. The number of hydrogen-bond acceptors (Lipinski definition) is 3. The van der Waals surface area contributed by atoms with Gasteiger partial charge in [-0.2, -0.15) is 0 Å². The number of halogens is 1. The van der Waals surface area contributed by atoms with Crippen LogP contribution in [0.1, 0.15) is 44.7 Å². The van der Waals surface area contributed by atoms with Crippen LogP contribution in [0, 0.1) is 0 Å². The van der Waals surface area contributed by atoms with Gasteiger partial charge in [0.25, 0.3) is 0 Å². The Morgan fingerprint density at radius 1 is 0.960 bits per heavy atom. The number of rotatable bonds is 12. The van der Waals surface area contributed by atoms with Crippen LogP contribution >= 0.6 is 24.0 Å². The zero-order chi connectivity index (χ0) is 17.5. The summed E-state index contributed by atoms with van der Waals surface area (Å²) in [7, 11) is 0. The maximum atomic E-state index is 5.53. The number of benzene rings is 1. The molecule has 0 heterocycles. The van der Waals surface area contributed by atoms with Crippen LogP contribution in [-0.2, 0) is 22.6 Å². The summed E-state index contributed by atoms with van der Waals surface area (Å²) in [4.78, 5) is 4.69. The first-order valence-corrected chi connectivity index (χ1v) is 9.06. The van der Waals surface area contributed by atoms with Crippen molar-refractivity contribution in [2.24, 2.45) is 4.99 Å². The molecule has 0 fully saturated rings. The van der Waals surface area contributed by atoms with Crippen molar-refractivity contribution in [3.05, 3.63) is 35.4 Å². The van der Waals surface area contributed by atoms with Crippen molar-refractivity contribution in [3.8, 4) is 0 Å². The second-order valence-electron chi connectivity index (χ2n) is 5.43. The molecule has 1 aromatic rings. The van der Waals surface area contributed by atoms with Crippen LogP contribution in [0.2, 0.25) is 0 Å². The molecule has 1 rings (SSSR count). The summed E-state index contributed by atoms with van der Waals surface area (Å²) in [6.07, 6.45) is 2.14. The van der Waals surface area contributed by atoms with E-state index in [1.807, 2.05) is 26.0 Å². The van der Waals surface area contributed by atoms with E-state index >= 15 is 0 Å². The van der Waals surface area contributed by atoms with E-state index in [4.69, 9.17) is 14.5 Å². The molecule has 25 heavy (non-hydrogen) atoms. The van der Waals surface area contributed by atoms with E-state index in [9.17, 15) is 0 Å². The molecule has 144 valence electrons. The fourth-order valence-corrected chi connectivity index (χ4v) is 2.25. The van der Waals surface area contributed by atoms with Crippen molar-refractivity contribution in [2.75, 3.05) is 32.9 Å². The van der Waals surface area contributed by atoms with Crippen molar-refractivity contribution in [3.63, 3.8) is 0 Å². The molecule has 0 atom stereocenters. The first-order chi connectivity index (χ1) is 11.8. The van der Waals surface area contributed by atoms with E-state index in [0.717, 1.165) is 51.7 Å². The second kappa shape index (κ2) is 16.6. The van der Waals surface area contributed by atoms with Gasteiger partial charge in [0.05, 0.1) is 13.2 Å². The first-order valence-electron chi connectivity index (χ1n) is 9.06. The zero-order valence-corrected chi connectivity index (χ0v) is 18.2. The van der Waals surface area contributed by atoms with Crippen molar-refractivity contribution >= 4 is 29.9 Å². The number of aliphatic imine (C=N–C) groups is 1. The quantitative estimate of drug-likeness (QED) is 0.215. The van der Waals surface area contributed by atoms with Gasteiger partial charge in [-0.25, -0.2) is 4.99 Å². The third-order valence-electron chi connectivity index (χ3n) is 3.54. The minimum Gasteiger partial charge on any atom is -0.382 e. The van der Waals surface area contributed by atoms with Gasteiger partial charge in [0, 0.05) is 32.9 Å². The van der Waals surface area contributed by atoms with Gasteiger partial charge in [-0.1, -0.05) is 24.3 Å². The van der Waals surface area contributed by atoms with Crippen LogP contribution in [-0.4, -0.2) is 38.9 Å². The van der Waals surface area contributed by atoms with Crippen molar-refractivity contribution in [2.45, 2.75) is 46.8 Å². The van der Waals surface area contributed by atoms with E-state index < -0.39 is 0 Å². The zero-order valence-electron chi connectivity index (χ0n) is 15.8. The Labute approximate surface area is 170 Å². The van der Waals surface area contributed by atoms with Crippen LogP contribution in [0.25, 0.3) is 0 Å². The average molecular weight is 463 g/mol. The van der Waals surface area contributed by atoms with Gasteiger partial charge in [-0.3, -0.25) is 0 Å². The highest BCUT2D eigenvalue weighted by molar-refractivity contribution is 14.0. The summed E-state index contributed by atoms with van der Waals surface area (Å²) in [5.74, 6) is 0.861. The molecule has 0 aliphatic heterocycles. The number of unbranched alkanes of at least 4 members (excludes halogenated alkanes) is 1. The SMILES string of the molecule is CCNC(=NCc1ccccc1COCC)NCCCCOCC.I. The van der Waals surface area contributed by atoms with Crippen LogP contribution in [0.5, 0.6) is 0 Å². The summed E-state index contributed by atoms with van der Waals surface area (Å²) in [6, 6.07) is 8.32. The third-order valence-corrected chi connectivity index (χ3v) is 3.54. The van der Waals surface area contributed by atoms with Gasteiger partial charge in [-0.15, -0.1) is 24.0 Å². The van der Waals surface area contributed by atoms with Gasteiger partial charge in [-0.05, 0) is 44.7 Å². The lowest BCUT2D eigenvalue weighted by Gasteiger charge is -2.12. The topological polar surface area (TPSA) is 54.9 Å². The molecular weight excluding hydrogens is 429 g/mol. The van der Waals surface area contributed by atoms with E-state index in [0.29, 0.717) is 13.2 Å². The summed E-state index contributed by atoms with van der Waals surface area (Å²) < 4.78 is 10.9. The minimum atomic E-state index is 0. The van der Waals surface area contributed by atoms with Gasteiger partial charge < -0.3 is 20.1 Å². The molecule has 0 bridgehead atoms. The highest BCUT2D eigenvalue weighted by Crippen LogP contribution is 2.11. The molecule has 0 saturated heterocycles. The third kappa shape index (κ3) is 11.4. The van der Waals surface area contributed by atoms with Gasteiger partial charge >= 0.3 is 0 Å². The predicted octanol–water partition coefficient (Wildman–Crippen LogP) is 3.71. The Hall–Kier alpha value is -0.860. The van der Waals surface area contributed by atoms with Crippen LogP contribution < -0.4 is 10.6 Å². The van der Waals surface area contributed by atoms with Gasteiger partial charge in [0.1, 0.15) is 0 Å². The van der Waals surface area contributed by atoms with Crippen molar-refractivity contribution < 1.29 is 9.47 Å². The van der Waals surface area contributed by atoms with E-state index in [-0.39, 0.29) is 24.0 Å². The molecule has 0 amide bonds. The van der Waals surface area contributed by atoms with Crippen LogP contribution in [0.15, 0.2) is 29.3 Å². The molecule has 0 aliphatic rings. The Balaban J connectivity index is 0.00000576. The Kier molecular flexibility index (Phi) is 16.0. The fourth-order valence-electron chi connectivity index (χ4n) is 2.25. The molecule has 0 aromatic heterocycles. The molecule has 0 unspecified atom stereocenters. The summed E-state index contributed by atoms with van der Waals surface area (Å²) in [5, 5.41) is 6.68. The highest BCUT2D eigenvalue weighted by Gasteiger charge is 2.02. The van der Waals surface area contributed by atoms with E-state index in [2.05, 4.69) is 29.7 Å². The molecule has 5 nitrogen and oxygen atoms in total. The number of guanidine groups is 1. The maximum absolute atomic E-state index is 5.53. The number of ether oxygens (including phenoxy) is 2. The number of hydrogen-bond donors (Lipinski definition) is 2. The Morgan fingerprint density at radius 3 is 2.36 bits per heavy atom. The second-order valence-corrected chi connectivity index (χ2v) is 5.43. The lowest BCUT2D eigenvalue weighted by atomic mass is 10.1. The molecule has 6 heteroatoms. The van der Waals surface area contributed by atoms with E-state index in [1.165, 1.54) is 11.1 Å². The van der Waals surface area contributed by atoms with Crippen LogP contribution in [0.3, 0.4) is 0 Å². The van der Waals surface area contributed by atoms with Crippen LogP contribution in [0.4, 0.5) is 0 Å². The normalized spacial score (nSPS) is 11.1. The monoisotopic (exact) mass is 463 g/mol. The van der Waals surface area contributed by atoms with Gasteiger partial charge in [0.2, 0.25) is 0 Å². The summed E-state index contributed by atoms with van der Waals surface area (Å²) in [6.45, 7) is 11.5. The molecule has 0 spiro atoms. The molecule has 1 aromatic carbocycles. The van der Waals surface area contributed by atoms with Crippen molar-refractivity contribution in [1.82, 2.24) is 10.6 Å². The van der Waals surface area contributed by atoms with E-state index in [1.54, 1.807) is 0 Å². The smallest absolute Gasteiger partial charge is 0.191 e. The largest absolute Gasteiger partial charge is 0.382 e. The number of nitrogens with one attached hydrogen (secondary N) is 2. The molecular formula is C19H34IN3O2. The minimum absolute atomic E-state index is 0. The molecule has 2 N–H and O–H groups in total. The van der Waals surface area contributed by atoms with Gasteiger partial charge in [0.15, 0.2) is 5.96 Å². The first kappa shape index (κ1) is 24.1. The maximum Gasteiger partial charge on any atom is 0.191 e. The summed E-state index contributed by atoms with van der Waals surface area (Å²) in [5.41, 5.74) is 2.41.